The number of rotatable bonds is 5. The lowest BCUT2D eigenvalue weighted by atomic mass is 9.89. The molecule has 1 aromatic carbocycles. The van der Waals surface area contributed by atoms with Gasteiger partial charge in [-0.2, -0.15) is 0 Å². The highest BCUT2D eigenvalue weighted by Crippen LogP contribution is 2.26. The average Bonchev–Trinajstić information content (AvgIpc) is 2.31. The van der Waals surface area contributed by atoms with E-state index in [1.54, 1.807) is 7.11 Å². The molecule has 0 spiro atoms. The Bertz CT molecular complexity index is 380. The van der Waals surface area contributed by atoms with Gasteiger partial charge in [-0.25, -0.2) is 0 Å². The summed E-state index contributed by atoms with van der Waals surface area (Å²) in [5.41, 5.74) is 6.96. The van der Waals surface area contributed by atoms with Crippen molar-refractivity contribution < 1.29 is 4.74 Å². The molecule has 1 aromatic rings. The van der Waals surface area contributed by atoms with Gasteiger partial charge in [0.05, 0.1) is 5.60 Å². The molecule has 0 aliphatic carbocycles. The number of hydrogen-bond donors (Lipinski definition) is 1. The number of halogens is 2. The van der Waals surface area contributed by atoms with Gasteiger partial charge < -0.3 is 10.5 Å². The van der Waals surface area contributed by atoms with Crippen molar-refractivity contribution in [1.82, 2.24) is 0 Å². The molecular weight excluding hydrogens is 302 g/mol. The van der Waals surface area contributed by atoms with E-state index >= 15 is 0 Å². The molecule has 2 nitrogen and oxygen atoms in total. The van der Waals surface area contributed by atoms with Crippen molar-refractivity contribution in [2.45, 2.75) is 38.3 Å². The van der Waals surface area contributed by atoms with E-state index in [2.05, 4.69) is 22.9 Å². The Morgan fingerprint density at radius 3 is 2.65 bits per heavy atom. The zero-order chi connectivity index (χ0) is 13.1. The fourth-order valence-corrected chi connectivity index (χ4v) is 2.45. The van der Waals surface area contributed by atoms with Crippen molar-refractivity contribution in [3.63, 3.8) is 0 Å². The fraction of sp³-hybridized carbons (Fsp3) is 0.538. The van der Waals surface area contributed by atoms with Crippen LogP contribution in [0.2, 0.25) is 5.02 Å². The minimum Gasteiger partial charge on any atom is -0.377 e. The van der Waals surface area contributed by atoms with Gasteiger partial charge in [-0.1, -0.05) is 40.5 Å². The summed E-state index contributed by atoms with van der Waals surface area (Å²) in [4.78, 5) is 0. The third kappa shape index (κ3) is 3.68. The molecule has 0 heterocycles. The molecule has 0 bridgehead atoms. The molecule has 0 aliphatic heterocycles. The standard InChI is InChI=1S/C13H19BrClNO/c1-4-13(2,17-3)12(16)7-9-5-6-10(14)8-11(9)15/h5-6,8,12H,4,7,16H2,1-3H3. The quantitative estimate of drug-likeness (QED) is 0.896. The predicted molar refractivity (Wildman–Crippen MR) is 76.5 cm³/mol. The van der Waals surface area contributed by atoms with Crippen LogP contribution in [-0.2, 0) is 11.2 Å². The molecule has 1 rings (SSSR count). The lowest BCUT2D eigenvalue weighted by molar-refractivity contribution is -0.0184. The van der Waals surface area contributed by atoms with E-state index in [0.717, 1.165) is 21.5 Å². The van der Waals surface area contributed by atoms with Crippen molar-refractivity contribution in [2.24, 2.45) is 5.73 Å². The predicted octanol–water partition coefficient (Wildman–Crippen LogP) is 3.79. The first-order valence-corrected chi connectivity index (χ1v) is 6.84. The maximum Gasteiger partial charge on any atom is 0.0801 e. The van der Waals surface area contributed by atoms with E-state index in [1.807, 2.05) is 25.1 Å². The summed E-state index contributed by atoms with van der Waals surface area (Å²) >= 11 is 9.57. The van der Waals surface area contributed by atoms with Gasteiger partial charge in [0, 0.05) is 22.6 Å². The summed E-state index contributed by atoms with van der Waals surface area (Å²) in [5.74, 6) is 0. The Labute approximate surface area is 117 Å². The van der Waals surface area contributed by atoms with Gasteiger partial charge in [-0.05, 0) is 37.5 Å². The van der Waals surface area contributed by atoms with Crippen LogP contribution in [0, 0.1) is 0 Å². The normalized spacial score (nSPS) is 16.6. The first kappa shape index (κ1) is 15.0. The highest BCUT2D eigenvalue weighted by atomic mass is 79.9. The molecule has 4 heteroatoms. The number of benzene rings is 1. The van der Waals surface area contributed by atoms with E-state index in [9.17, 15) is 0 Å². The summed E-state index contributed by atoms with van der Waals surface area (Å²) in [6, 6.07) is 5.79. The second-order valence-electron chi connectivity index (χ2n) is 4.42. The average molecular weight is 321 g/mol. The van der Waals surface area contributed by atoms with E-state index in [0.29, 0.717) is 6.42 Å². The third-order valence-electron chi connectivity index (χ3n) is 3.41. The molecule has 0 aromatic heterocycles. The van der Waals surface area contributed by atoms with Crippen LogP contribution in [0.5, 0.6) is 0 Å². The molecule has 0 saturated heterocycles. The van der Waals surface area contributed by atoms with Gasteiger partial charge in [-0.3, -0.25) is 0 Å². The Hall–Kier alpha value is -0.0900. The molecule has 2 atom stereocenters. The Morgan fingerprint density at radius 1 is 1.53 bits per heavy atom. The maximum atomic E-state index is 6.22. The summed E-state index contributed by atoms with van der Waals surface area (Å²) in [7, 11) is 1.70. The van der Waals surface area contributed by atoms with Gasteiger partial charge in [0.15, 0.2) is 0 Å². The smallest absolute Gasteiger partial charge is 0.0801 e. The zero-order valence-electron chi connectivity index (χ0n) is 10.5. The summed E-state index contributed by atoms with van der Waals surface area (Å²) in [6.07, 6.45) is 1.59. The largest absolute Gasteiger partial charge is 0.377 e. The van der Waals surface area contributed by atoms with Crippen molar-refractivity contribution in [2.75, 3.05) is 7.11 Å². The van der Waals surface area contributed by atoms with E-state index in [-0.39, 0.29) is 11.6 Å². The van der Waals surface area contributed by atoms with Crippen LogP contribution in [0.4, 0.5) is 0 Å². The van der Waals surface area contributed by atoms with Gasteiger partial charge >= 0.3 is 0 Å². The maximum absolute atomic E-state index is 6.22. The molecule has 0 saturated carbocycles. The molecule has 0 amide bonds. The number of methoxy groups -OCH3 is 1. The second kappa shape index (κ2) is 6.19. The zero-order valence-corrected chi connectivity index (χ0v) is 12.8. The van der Waals surface area contributed by atoms with Gasteiger partial charge in [0.2, 0.25) is 0 Å². The van der Waals surface area contributed by atoms with Crippen LogP contribution in [0.1, 0.15) is 25.8 Å². The third-order valence-corrected chi connectivity index (χ3v) is 4.25. The van der Waals surface area contributed by atoms with Crippen LogP contribution in [0.25, 0.3) is 0 Å². The molecule has 17 heavy (non-hydrogen) atoms. The monoisotopic (exact) mass is 319 g/mol. The minimum absolute atomic E-state index is 0.0730. The van der Waals surface area contributed by atoms with Crippen LogP contribution in [0.15, 0.2) is 22.7 Å². The summed E-state index contributed by atoms with van der Waals surface area (Å²) in [5, 5.41) is 0.740. The highest BCUT2D eigenvalue weighted by molar-refractivity contribution is 9.10. The Balaban J connectivity index is 2.84. The van der Waals surface area contributed by atoms with Crippen LogP contribution in [0.3, 0.4) is 0 Å². The highest BCUT2D eigenvalue weighted by Gasteiger charge is 2.29. The SMILES string of the molecule is CCC(C)(OC)C(N)Cc1ccc(Br)cc1Cl. The minimum atomic E-state index is -0.309. The Morgan fingerprint density at radius 2 is 2.18 bits per heavy atom. The van der Waals surface area contributed by atoms with Crippen molar-refractivity contribution in [3.8, 4) is 0 Å². The summed E-state index contributed by atoms with van der Waals surface area (Å²) in [6.45, 7) is 4.11. The molecule has 2 N–H and O–H groups in total. The second-order valence-corrected chi connectivity index (χ2v) is 5.74. The molecule has 0 fully saturated rings. The van der Waals surface area contributed by atoms with Crippen molar-refractivity contribution in [3.05, 3.63) is 33.3 Å². The van der Waals surface area contributed by atoms with E-state index < -0.39 is 0 Å². The fourth-order valence-electron chi connectivity index (χ4n) is 1.70. The number of nitrogens with two attached hydrogens (primary N) is 1. The topological polar surface area (TPSA) is 35.2 Å². The van der Waals surface area contributed by atoms with E-state index in [1.165, 1.54) is 0 Å². The lowest BCUT2D eigenvalue weighted by Gasteiger charge is -2.33. The van der Waals surface area contributed by atoms with Crippen molar-refractivity contribution >= 4 is 27.5 Å². The van der Waals surface area contributed by atoms with Gasteiger partial charge in [0.25, 0.3) is 0 Å². The van der Waals surface area contributed by atoms with Crippen LogP contribution in [-0.4, -0.2) is 18.8 Å². The van der Waals surface area contributed by atoms with Crippen LogP contribution >= 0.6 is 27.5 Å². The van der Waals surface area contributed by atoms with E-state index in [4.69, 9.17) is 22.1 Å². The van der Waals surface area contributed by atoms with Crippen LogP contribution < -0.4 is 5.73 Å². The lowest BCUT2D eigenvalue weighted by Crippen LogP contribution is -2.48. The number of ether oxygens (including phenoxy) is 1. The van der Waals surface area contributed by atoms with Gasteiger partial charge in [0.1, 0.15) is 0 Å². The first-order valence-electron chi connectivity index (χ1n) is 5.67. The Kier molecular flexibility index (Phi) is 5.45. The molecule has 0 aliphatic rings. The molecule has 96 valence electrons. The molecular formula is C13H19BrClNO. The number of hydrogen-bond acceptors (Lipinski definition) is 2. The summed E-state index contributed by atoms with van der Waals surface area (Å²) < 4.78 is 6.48. The first-order chi connectivity index (χ1) is 7.92. The molecule has 2 unspecified atom stereocenters. The van der Waals surface area contributed by atoms with Gasteiger partial charge in [-0.15, -0.1) is 0 Å². The van der Waals surface area contributed by atoms with Crippen molar-refractivity contribution in [1.29, 1.82) is 0 Å². The molecule has 0 radical (unpaired) electrons.